The molecule has 0 saturated heterocycles. The van der Waals surface area contributed by atoms with Gasteiger partial charge in [0.2, 0.25) is 0 Å². The van der Waals surface area contributed by atoms with Gasteiger partial charge in [-0.05, 0) is 31.2 Å². The number of benzene rings is 2. The van der Waals surface area contributed by atoms with E-state index in [1.165, 1.54) is 30.3 Å². The third kappa shape index (κ3) is 5.27. The van der Waals surface area contributed by atoms with Crippen molar-refractivity contribution in [2.24, 2.45) is 0 Å². The number of ether oxygens (including phenoxy) is 1. The normalized spacial score (nSPS) is 11.0. The molecule has 148 valence electrons. The molecule has 0 aliphatic carbocycles. The molecule has 0 spiro atoms. The van der Waals surface area contributed by atoms with Crippen LogP contribution in [0, 0.1) is 17.0 Å². The van der Waals surface area contributed by atoms with E-state index in [-0.39, 0.29) is 26.9 Å². The van der Waals surface area contributed by atoms with Gasteiger partial charge in [-0.25, -0.2) is 13.2 Å². The first-order valence-corrected chi connectivity index (χ1v) is 9.97. The van der Waals surface area contributed by atoms with Crippen molar-refractivity contribution in [2.45, 2.75) is 11.8 Å². The summed E-state index contributed by atoms with van der Waals surface area (Å²) in [7, 11) is -3.56. The summed E-state index contributed by atoms with van der Waals surface area (Å²) < 4.78 is 28.0. The summed E-state index contributed by atoms with van der Waals surface area (Å²) in [5.74, 6) is -1.72. The number of aryl methyl sites for hydroxylation is 1. The number of amides is 1. The maximum atomic E-state index is 12.1. The highest BCUT2D eigenvalue weighted by atomic mass is 35.5. The zero-order valence-electron chi connectivity index (χ0n) is 14.8. The Morgan fingerprint density at radius 2 is 1.89 bits per heavy atom. The molecule has 0 saturated carbocycles. The number of anilines is 1. The predicted octanol–water partition coefficient (Wildman–Crippen LogP) is 2.76. The van der Waals surface area contributed by atoms with Gasteiger partial charge in [0.05, 0.1) is 20.4 Å². The molecule has 2 aromatic rings. The monoisotopic (exact) mass is 426 g/mol. The van der Waals surface area contributed by atoms with Crippen molar-refractivity contribution in [2.75, 3.05) is 18.2 Å². The van der Waals surface area contributed by atoms with Gasteiger partial charge in [0.25, 0.3) is 11.6 Å². The predicted molar refractivity (Wildman–Crippen MR) is 101 cm³/mol. The van der Waals surface area contributed by atoms with E-state index < -0.39 is 33.2 Å². The largest absolute Gasteiger partial charge is 0.452 e. The fourth-order valence-electron chi connectivity index (χ4n) is 2.18. The molecular weight excluding hydrogens is 412 g/mol. The quantitative estimate of drug-likeness (QED) is 0.426. The molecule has 0 aliphatic rings. The van der Waals surface area contributed by atoms with Crippen LogP contribution in [0.3, 0.4) is 0 Å². The van der Waals surface area contributed by atoms with Crippen LogP contribution in [0.2, 0.25) is 5.02 Å². The highest BCUT2D eigenvalue weighted by Crippen LogP contribution is 2.23. The van der Waals surface area contributed by atoms with Gasteiger partial charge < -0.3 is 10.1 Å². The summed E-state index contributed by atoms with van der Waals surface area (Å²) in [6, 6.07) is 7.65. The zero-order chi connectivity index (χ0) is 21.1. The Morgan fingerprint density at radius 1 is 1.21 bits per heavy atom. The molecular formula is C17H15ClN2O7S. The second-order valence-electron chi connectivity index (χ2n) is 5.80. The van der Waals surface area contributed by atoms with Crippen molar-refractivity contribution in [1.82, 2.24) is 0 Å². The van der Waals surface area contributed by atoms with E-state index in [1.807, 2.05) is 0 Å². The van der Waals surface area contributed by atoms with Gasteiger partial charge >= 0.3 is 5.97 Å². The molecule has 0 fully saturated rings. The minimum Gasteiger partial charge on any atom is -0.452 e. The Balaban J connectivity index is 2.06. The molecule has 2 rings (SSSR count). The molecule has 0 aliphatic heterocycles. The number of hydrogen-bond donors (Lipinski definition) is 1. The minimum absolute atomic E-state index is 0.0352. The van der Waals surface area contributed by atoms with Gasteiger partial charge in [-0.2, -0.15) is 0 Å². The molecule has 0 unspecified atom stereocenters. The zero-order valence-corrected chi connectivity index (χ0v) is 16.3. The molecule has 0 bridgehead atoms. The average molecular weight is 427 g/mol. The minimum atomic E-state index is -3.56. The number of nitrogens with one attached hydrogen (secondary N) is 1. The molecule has 2 aromatic carbocycles. The SMILES string of the molecule is Cc1ccc(NC(=O)COC(=O)c2cc(S(C)(=O)=O)ccc2Cl)cc1[N+](=O)[O-]. The first kappa shape index (κ1) is 21.3. The van der Waals surface area contributed by atoms with E-state index in [1.54, 1.807) is 6.92 Å². The van der Waals surface area contributed by atoms with Crippen LogP contribution in [-0.2, 0) is 19.4 Å². The number of nitro groups is 1. The first-order chi connectivity index (χ1) is 13.0. The summed E-state index contributed by atoms with van der Waals surface area (Å²) in [6.07, 6.45) is 0.972. The average Bonchev–Trinajstić information content (AvgIpc) is 2.60. The maximum absolute atomic E-state index is 12.1. The van der Waals surface area contributed by atoms with E-state index in [4.69, 9.17) is 16.3 Å². The van der Waals surface area contributed by atoms with Gasteiger partial charge in [0.1, 0.15) is 0 Å². The number of halogens is 1. The molecule has 0 heterocycles. The van der Waals surface area contributed by atoms with Crippen LogP contribution in [-0.4, -0.2) is 38.1 Å². The highest BCUT2D eigenvalue weighted by Gasteiger charge is 2.18. The molecule has 1 amide bonds. The van der Waals surface area contributed by atoms with Crippen LogP contribution in [0.1, 0.15) is 15.9 Å². The first-order valence-electron chi connectivity index (χ1n) is 7.70. The third-order valence-corrected chi connectivity index (χ3v) is 5.05. The Labute approximate surface area is 165 Å². The summed E-state index contributed by atoms with van der Waals surface area (Å²) in [5, 5.41) is 13.3. The van der Waals surface area contributed by atoms with Gasteiger partial charge in [0, 0.05) is 23.6 Å². The summed E-state index contributed by atoms with van der Waals surface area (Å²) >= 11 is 5.89. The number of sulfone groups is 1. The second-order valence-corrected chi connectivity index (χ2v) is 8.22. The van der Waals surface area contributed by atoms with Crippen molar-refractivity contribution >= 4 is 44.7 Å². The number of nitro benzene ring substituents is 1. The van der Waals surface area contributed by atoms with E-state index in [0.717, 1.165) is 12.3 Å². The van der Waals surface area contributed by atoms with Crippen LogP contribution < -0.4 is 5.32 Å². The maximum Gasteiger partial charge on any atom is 0.340 e. The Morgan fingerprint density at radius 3 is 2.50 bits per heavy atom. The van der Waals surface area contributed by atoms with Crippen molar-refractivity contribution in [3.8, 4) is 0 Å². The number of esters is 1. The molecule has 11 heteroatoms. The van der Waals surface area contributed by atoms with Crippen LogP contribution >= 0.6 is 11.6 Å². The second kappa shape index (κ2) is 8.36. The van der Waals surface area contributed by atoms with Crippen molar-refractivity contribution in [1.29, 1.82) is 0 Å². The number of carbonyl (C=O) groups excluding carboxylic acids is 2. The lowest BCUT2D eigenvalue weighted by Gasteiger charge is -2.09. The molecule has 0 radical (unpaired) electrons. The Bertz CT molecular complexity index is 1070. The molecule has 0 atom stereocenters. The topological polar surface area (TPSA) is 133 Å². The van der Waals surface area contributed by atoms with Gasteiger partial charge in [-0.3, -0.25) is 14.9 Å². The number of carbonyl (C=O) groups is 2. The van der Waals surface area contributed by atoms with E-state index in [2.05, 4.69) is 5.32 Å². The van der Waals surface area contributed by atoms with Crippen molar-refractivity contribution < 1.29 is 27.7 Å². The lowest BCUT2D eigenvalue weighted by atomic mass is 10.2. The number of hydrogen-bond acceptors (Lipinski definition) is 7. The van der Waals surface area contributed by atoms with Crippen molar-refractivity contribution in [3.05, 3.63) is 62.7 Å². The fraction of sp³-hybridized carbons (Fsp3) is 0.176. The van der Waals surface area contributed by atoms with Crippen LogP contribution in [0.5, 0.6) is 0 Å². The number of nitrogens with zero attached hydrogens (tertiary/aromatic N) is 1. The summed E-state index contributed by atoms with van der Waals surface area (Å²) in [5.41, 5.74) is 0.216. The Kier molecular flexibility index (Phi) is 6.37. The summed E-state index contributed by atoms with van der Waals surface area (Å²) in [6.45, 7) is 0.861. The van der Waals surface area contributed by atoms with Crippen LogP contribution in [0.15, 0.2) is 41.3 Å². The highest BCUT2D eigenvalue weighted by molar-refractivity contribution is 7.90. The standard InChI is InChI=1S/C17H15ClN2O7S/c1-10-3-4-11(7-15(10)20(23)24)19-16(21)9-27-17(22)13-8-12(28(2,25)26)5-6-14(13)18/h3-8H,9H2,1-2H3,(H,19,21). The van der Waals surface area contributed by atoms with Crippen molar-refractivity contribution in [3.63, 3.8) is 0 Å². The number of rotatable bonds is 6. The molecule has 1 N–H and O–H groups in total. The lowest BCUT2D eigenvalue weighted by Crippen LogP contribution is -2.21. The van der Waals surface area contributed by atoms with Crippen LogP contribution in [0.25, 0.3) is 0 Å². The Hall–Kier alpha value is -2.98. The van der Waals surface area contributed by atoms with E-state index in [0.29, 0.717) is 5.56 Å². The fourth-order valence-corrected chi connectivity index (χ4v) is 3.02. The van der Waals surface area contributed by atoms with E-state index >= 15 is 0 Å². The lowest BCUT2D eigenvalue weighted by molar-refractivity contribution is -0.385. The third-order valence-electron chi connectivity index (χ3n) is 3.61. The van der Waals surface area contributed by atoms with Gasteiger partial charge in [0.15, 0.2) is 16.4 Å². The summed E-state index contributed by atoms with van der Waals surface area (Å²) in [4.78, 5) is 34.3. The van der Waals surface area contributed by atoms with Gasteiger partial charge in [-0.15, -0.1) is 0 Å². The molecule has 0 aromatic heterocycles. The van der Waals surface area contributed by atoms with E-state index in [9.17, 15) is 28.1 Å². The van der Waals surface area contributed by atoms with Crippen LogP contribution in [0.4, 0.5) is 11.4 Å². The smallest absolute Gasteiger partial charge is 0.340 e. The molecule has 9 nitrogen and oxygen atoms in total. The van der Waals surface area contributed by atoms with Gasteiger partial charge in [-0.1, -0.05) is 17.7 Å². The molecule has 28 heavy (non-hydrogen) atoms.